The summed E-state index contributed by atoms with van der Waals surface area (Å²) in [6.07, 6.45) is 2.51. The maximum Gasteiger partial charge on any atom is 0.243 e. The van der Waals surface area contributed by atoms with E-state index in [1.165, 1.54) is 4.90 Å². The summed E-state index contributed by atoms with van der Waals surface area (Å²) < 4.78 is 0. The van der Waals surface area contributed by atoms with Crippen LogP contribution in [0.3, 0.4) is 0 Å². The van der Waals surface area contributed by atoms with Gasteiger partial charge in [0.05, 0.1) is 18.2 Å². The van der Waals surface area contributed by atoms with E-state index in [4.69, 9.17) is 0 Å². The van der Waals surface area contributed by atoms with Crippen LogP contribution in [-0.2, 0) is 16.0 Å². The zero-order valence-electron chi connectivity index (χ0n) is 18.9. The van der Waals surface area contributed by atoms with Gasteiger partial charge in [-0.1, -0.05) is 25.1 Å². The second-order valence-electron chi connectivity index (χ2n) is 7.94. The Morgan fingerprint density at radius 2 is 1.91 bits per heavy atom. The van der Waals surface area contributed by atoms with Gasteiger partial charge in [-0.25, -0.2) is 4.98 Å². The molecule has 0 spiro atoms. The molecule has 2 amide bonds. The van der Waals surface area contributed by atoms with Gasteiger partial charge in [0.15, 0.2) is 0 Å². The number of aryl methyl sites for hydroxylation is 1. The maximum atomic E-state index is 12.9. The number of benzene rings is 1. The summed E-state index contributed by atoms with van der Waals surface area (Å²) in [5.74, 6) is 0.390. The van der Waals surface area contributed by atoms with E-state index >= 15 is 0 Å². The van der Waals surface area contributed by atoms with Crippen molar-refractivity contribution in [3.63, 3.8) is 0 Å². The second kappa shape index (κ2) is 10.7. The summed E-state index contributed by atoms with van der Waals surface area (Å²) >= 11 is 0. The molecule has 0 radical (unpaired) electrons. The highest BCUT2D eigenvalue weighted by Crippen LogP contribution is 2.19. The number of hydrogen-bond acceptors (Lipinski definition) is 6. The molecule has 1 unspecified atom stereocenters. The number of likely N-dealkylation sites (N-methyl/N-ethyl adjacent to an activating group) is 1. The monoisotopic (exact) mass is 434 g/mol. The summed E-state index contributed by atoms with van der Waals surface area (Å²) in [7, 11) is 1.66. The minimum absolute atomic E-state index is 0.000647. The zero-order chi connectivity index (χ0) is 23.1. The number of nitrogens with one attached hydrogen (secondary N) is 1. The fourth-order valence-electron chi connectivity index (χ4n) is 3.97. The SMILES string of the molecule is CCc1ccccc1NC(=O)CN(C)C(=O)C(C)N1CCN(c2ncccc2C#N)CC1. The van der Waals surface area contributed by atoms with Crippen molar-refractivity contribution < 1.29 is 9.59 Å². The first-order valence-electron chi connectivity index (χ1n) is 10.9. The molecule has 1 aromatic carbocycles. The third-order valence-corrected chi connectivity index (χ3v) is 5.86. The molecule has 1 saturated heterocycles. The van der Waals surface area contributed by atoms with Crippen LogP contribution in [0.4, 0.5) is 11.5 Å². The van der Waals surface area contributed by atoms with Crippen LogP contribution >= 0.6 is 0 Å². The van der Waals surface area contributed by atoms with Crippen LogP contribution in [0.5, 0.6) is 0 Å². The highest BCUT2D eigenvalue weighted by Gasteiger charge is 2.29. The van der Waals surface area contributed by atoms with Gasteiger partial charge in [-0.05, 0) is 37.1 Å². The van der Waals surface area contributed by atoms with Gasteiger partial charge in [-0.2, -0.15) is 5.26 Å². The number of carbonyl (C=O) groups excluding carboxylic acids is 2. The molecule has 0 saturated carbocycles. The standard InChI is InChI=1S/C24H30N6O2/c1-4-19-8-5-6-10-21(19)27-22(31)17-28(3)24(32)18(2)29-12-14-30(15-13-29)23-20(16-25)9-7-11-26-23/h5-11,18H,4,12-15,17H2,1-3H3,(H,27,31). The van der Waals surface area contributed by atoms with E-state index in [1.807, 2.05) is 38.1 Å². The molecule has 1 fully saturated rings. The quantitative estimate of drug-likeness (QED) is 0.718. The molecule has 1 aliphatic rings. The Balaban J connectivity index is 1.53. The van der Waals surface area contributed by atoms with Gasteiger partial charge in [0.25, 0.3) is 0 Å². The molecule has 1 N–H and O–H groups in total. The van der Waals surface area contributed by atoms with E-state index < -0.39 is 0 Å². The molecule has 0 bridgehead atoms. The number of hydrogen-bond donors (Lipinski definition) is 1. The first-order chi connectivity index (χ1) is 15.4. The molecule has 3 rings (SSSR count). The van der Waals surface area contributed by atoms with Crippen molar-refractivity contribution in [2.75, 3.05) is 50.0 Å². The van der Waals surface area contributed by atoms with Crippen molar-refractivity contribution in [1.29, 1.82) is 5.26 Å². The van der Waals surface area contributed by atoms with Gasteiger partial charge in [-0.15, -0.1) is 0 Å². The number of pyridine rings is 1. The lowest BCUT2D eigenvalue weighted by Gasteiger charge is -2.39. The van der Waals surface area contributed by atoms with Crippen LogP contribution in [0.25, 0.3) is 0 Å². The molecule has 2 aromatic rings. The number of carbonyl (C=O) groups is 2. The minimum atomic E-state index is -0.336. The van der Waals surface area contributed by atoms with Gasteiger partial charge < -0.3 is 15.1 Å². The van der Waals surface area contributed by atoms with E-state index in [9.17, 15) is 14.9 Å². The van der Waals surface area contributed by atoms with E-state index in [2.05, 4.69) is 26.2 Å². The predicted octanol–water partition coefficient (Wildman–Crippen LogP) is 2.12. The summed E-state index contributed by atoms with van der Waals surface area (Å²) in [6, 6.07) is 13.1. The lowest BCUT2D eigenvalue weighted by atomic mass is 10.1. The third-order valence-electron chi connectivity index (χ3n) is 5.86. The van der Waals surface area contributed by atoms with Crippen LogP contribution < -0.4 is 10.2 Å². The van der Waals surface area contributed by atoms with Crippen LogP contribution in [0.1, 0.15) is 25.0 Å². The lowest BCUT2D eigenvalue weighted by molar-refractivity contribution is -0.137. The summed E-state index contributed by atoms with van der Waals surface area (Å²) in [6.45, 7) is 6.64. The van der Waals surface area contributed by atoms with E-state index in [0.717, 1.165) is 17.7 Å². The molecule has 1 aliphatic heterocycles. The first-order valence-corrected chi connectivity index (χ1v) is 10.9. The number of anilines is 2. The number of amides is 2. The molecule has 1 atom stereocenters. The maximum absolute atomic E-state index is 12.9. The normalized spacial score (nSPS) is 15.0. The smallest absolute Gasteiger partial charge is 0.243 e. The Bertz CT molecular complexity index is 994. The van der Waals surface area contributed by atoms with Crippen molar-refractivity contribution >= 4 is 23.3 Å². The number of para-hydroxylation sites is 1. The molecular weight excluding hydrogens is 404 g/mol. The number of nitriles is 1. The van der Waals surface area contributed by atoms with Crippen LogP contribution in [0, 0.1) is 11.3 Å². The van der Waals surface area contributed by atoms with Crippen molar-refractivity contribution in [2.24, 2.45) is 0 Å². The van der Waals surface area contributed by atoms with Crippen LogP contribution in [0.2, 0.25) is 0 Å². The largest absolute Gasteiger partial charge is 0.353 e. The van der Waals surface area contributed by atoms with E-state index in [0.29, 0.717) is 37.6 Å². The highest BCUT2D eigenvalue weighted by atomic mass is 16.2. The van der Waals surface area contributed by atoms with Gasteiger partial charge in [0, 0.05) is 45.1 Å². The first kappa shape index (κ1) is 23.2. The molecule has 8 nitrogen and oxygen atoms in total. The van der Waals surface area contributed by atoms with Crippen molar-refractivity contribution in [2.45, 2.75) is 26.3 Å². The van der Waals surface area contributed by atoms with Crippen LogP contribution in [0.15, 0.2) is 42.6 Å². The summed E-state index contributed by atoms with van der Waals surface area (Å²) in [5.41, 5.74) is 2.41. The van der Waals surface area contributed by atoms with E-state index in [-0.39, 0.29) is 24.4 Å². The zero-order valence-corrected chi connectivity index (χ0v) is 18.9. The molecule has 8 heteroatoms. The number of nitrogens with zero attached hydrogens (tertiary/aromatic N) is 5. The van der Waals surface area contributed by atoms with Gasteiger partial charge >= 0.3 is 0 Å². The molecule has 2 heterocycles. The van der Waals surface area contributed by atoms with Crippen molar-refractivity contribution in [1.82, 2.24) is 14.8 Å². The Morgan fingerprint density at radius 1 is 1.19 bits per heavy atom. The molecule has 1 aromatic heterocycles. The number of piperazine rings is 1. The van der Waals surface area contributed by atoms with E-state index in [1.54, 1.807) is 25.4 Å². The fourth-order valence-corrected chi connectivity index (χ4v) is 3.97. The second-order valence-corrected chi connectivity index (χ2v) is 7.94. The summed E-state index contributed by atoms with van der Waals surface area (Å²) in [5, 5.41) is 12.2. The lowest BCUT2D eigenvalue weighted by Crippen LogP contribution is -2.55. The molecule has 168 valence electrons. The Kier molecular flexibility index (Phi) is 7.79. The van der Waals surface area contributed by atoms with Crippen molar-refractivity contribution in [3.8, 4) is 6.07 Å². The third kappa shape index (κ3) is 5.42. The molecular formula is C24H30N6O2. The minimum Gasteiger partial charge on any atom is -0.353 e. The predicted molar refractivity (Wildman–Crippen MR) is 124 cm³/mol. The Morgan fingerprint density at radius 3 is 2.59 bits per heavy atom. The van der Waals surface area contributed by atoms with Crippen molar-refractivity contribution in [3.05, 3.63) is 53.7 Å². The summed E-state index contributed by atoms with van der Waals surface area (Å²) in [4.78, 5) is 35.5. The average molecular weight is 435 g/mol. The molecule has 32 heavy (non-hydrogen) atoms. The average Bonchev–Trinajstić information content (AvgIpc) is 2.83. The van der Waals surface area contributed by atoms with Gasteiger partial charge in [-0.3, -0.25) is 14.5 Å². The van der Waals surface area contributed by atoms with Gasteiger partial charge in [0.2, 0.25) is 11.8 Å². The van der Waals surface area contributed by atoms with Gasteiger partial charge in [0.1, 0.15) is 11.9 Å². The number of rotatable bonds is 7. The Hall–Kier alpha value is -3.44. The van der Waals surface area contributed by atoms with Crippen LogP contribution in [-0.4, -0.2) is 72.4 Å². The molecule has 0 aliphatic carbocycles. The highest BCUT2D eigenvalue weighted by molar-refractivity contribution is 5.95. The fraction of sp³-hybridized carbons (Fsp3) is 0.417. The topological polar surface area (TPSA) is 92.6 Å². The Labute approximate surface area is 189 Å². The number of aromatic nitrogens is 1.